The number of methoxy groups -OCH3 is 1. The fourth-order valence-electron chi connectivity index (χ4n) is 1.37. The number of hydrogen-bond acceptors (Lipinski definition) is 5. The van der Waals surface area contributed by atoms with Crippen LogP contribution < -0.4 is 10.2 Å². The van der Waals surface area contributed by atoms with Gasteiger partial charge in [0.05, 0.1) is 13.7 Å². The van der Waals surface area contributed by atoms with Gasteiger partial charge in [0.1, 0.15) is 6.04 Å². The van der Waals surface area contributed by atoms with Gasteiger partial charge in [-0.25, -0.2) is 4.79 Å². The maximum atomic E-state index is 11.5. The molecule has 0 radical (unpaired) electrons. The highest BCUT2D eigenvalue weighted by atomic mass is 32.1. The second-order valence-electron chi connectivity index (χ2n) is 3.53. The minimum Gasteiger partial charge on any atom is -0.467 e. The molecule has 0 aliphatic rings. The molecule has 1 heterocycles. The van der Waals surface area contributed by atoms with Gasteiger partial charge in [-0.1, -0.05) is 11.3 Å². The molecule has 1 unspecified atom stereocenters. The van der Waals surface area contributed by atoms with E-state index in [2.05, 4.69) is 10.1 Å². The molecule has 1 atom stereocenters. The van der Waals surface area contributed by atoms with Gasteiger partial charge in [0.15, 0.2) is 0 Å². The molecule has 1 rings (SSSR count). The average molecular weight is 258 g/mol. The smallest absolute Gasteiger partial charge is 0.330 e. The zero-order valence-corrected chi connectivity index (χ0v) is 10.7. The van der Waals surface area contributed by atoms with E-state index in [0.29, 0.717) is 0 Å². The Bertz CT molecular complexity index is 477. The fourth-order valence-corrected chi connectivity index (χ4v) is 2.12. The van der Waals surface area contributed by atoms with Crippen molar-refractivity contribution in [1.29, 1.82) is 0 Å². The van der Waals surface area contributed by atoms with Crippen LogP contribution in [-0.2, 0) is 20.9 Å². The van der Waals surface area contributed by atoms with Crippen molar-refractivity contribution in [3.8, 4) is 0 Å². The first-order valence-corrected chi connectivity index (χ1v) is 5.83. The second kappa shape index (κ2) is 5.62. The third-order valence-corrected chi connectivity index (χ3v) is 3.09. The van der Waals surface area contributed by atoms with Gasteiger partial charge in [-0.3, -0.25) is 9.59 Å². The minimum absolute atomic E-state index is 0.0837. The molecule has 1 amide bonds. The lowest BCUT2D eigenvalue weighted by molar-refractivity contribution is -0.145. The summed E-state index contributed by atoms with van der Waals surface area (Å²) in [5.74, 6) is -0.918. The Balaban J connectivity index is 2.90. The predicted molar refractivity (Wildman–Crippen MR) is 62.9 cm³/mol. The van der Waals surface area contributed by atoms with Gasteiger partial charge in [-0.05, 0) is 6.92 Å². The lowest BCUT2D eigenvalue weighted by atomic mass is 10.3. The Kier molecular flexibility index (Phi) is 4.45. The molecule has 0 saturated carbocycles. The van der Waals surface area contributed by atoms with Gasteiger partial charge in [0.25, 0.3) is 0 Å². The standard InChI is InChI=1S/C10H14N2O4S/c1-6-5-17-10(15)12(6)4-8(9(14)16-3)11-7(2)13/h5,8H,4H2,1-3H3,(H,11,13). The number of nitrogens with one attached hydrogen (secondary N) is 1. The molecule has 6 nitrogen and oxygen atoms in total. The molecule has 1 aromatic rings. The molecule has 0 aliphatic carbocycles. The molecule has 0 spiro atoms. The maximum absolute atomic E-state index is 11.5. The molecule has 0 fully saturated rings. The molecule has 94 valence electrons. The highest BCUT2D eigenvalue weighted by Gasteiger charge is 2.22. The number of ether oxygens (including phenoxy) is 1. The van der Waals surface area contributed by atoms with Crippen molar-refractivity contribution in [3.63, 3.8) is 0 Å². The zero-order chi connectivity index (χ0) is 13.0. The topological polar surface area (TPSA) is 77.4 Å². The van der Waals surface area contributed by atoms with E-state index in [1.165, 1.54) is 18.6 Å². The van der Waals surface area contributed by atoms with E-state index in [0.717, 1.165) is 17.0 Å². The number of carbonyl (C=O) groups is 2. The van der Waals surface area contributed by atoms with Crippen LogP contribution in [0.5, 0.6) is 0 Å². The molecule has 0 saturated heterocycles. The Hall–Kier alpha value is -1.63. The maximum Gasteiger partial charge on any atom is 0.330 e. The van der Waals surface area contributed by atoms with Crippen LogP contribution in [-0.4, -0.2) is 29.6 Å². The van der Waals surface area contributed by atoms with Crippen LogP contribution >= 0.6 is 11.3 Å². The van der Waals surface area contributed by atoms with Crippen molar-refractivity contribution >= 4 is 23.2 Å². The molecule has 17 heavy (non-hydrogen) atoms. The van der Waals surface area contributed by atoms with Crippen molar-refractivity contribution in [3.05, 3.63) is 20.7 Å². The van der Waals surface area contributed by atoms with E-state index in [-0.39, 0.29) is 17.3 Å². The quantitative estimate of drug-likeness (QED) is 0.765. The second-order valence-corrected chi connectivity index (χ2v) is 4.35. The van der Waals surface area contributed by atoms with Crippen LogP contribution in [0, 0.1) is 6.92 Å². The zero-order valence-electron chi connectivity index (χ0n) is 9.85. The largest absolute Gasteiger partial charge is 0.467 e. The summed E-state index contributed by atoms with van der Waals surface area (Å²) in [4.78, 5) is 33.7. The molecular weight excluding hydrogens is 244 g/mol. The van der Waals surface area contributed by atoms with Crippen molar-refractivity contribution in [2.45, 2.75) is 26.4 Å². The summed E-state index contributed by atoms with van der Waals surface area (Å²) in [5, 5.41) is 4.15. The van der Waals surface area contributed by atoms with Gasteiger partial charge in [0, 0.05) is 18.0 Å². The monoisotopic (exact) mass is 258 g/mol. The number of aromatic nitrogens is 1. The highest BCUT2D eigenvalue weighted by molar-refractivity contribution is 7.07. The van der Waals surface area contributed by atoms with Crippen molar-refractivity contribution in [2.75, 3.05) is 7.11 Å². The third-order valence-electron chi connectivity index (χ3n) is 2.20. The Labute approximate surface area is 102 Å². The minimum atomic E-state index is -0.844. The van der Waals surface area contributed by atoms with E-state index in [9.17, 15) is 14.4 Å². The van der Waals surface area contributed by atoms with E-state index >= 15 is 0 Å². The van der Waals surface area contributed by atoms with Gasteiger partial charge < -0.3 is 14.6 Å². The molecule has 0 aromatic carbocycles. The van der Waals surface area contributed by atoms with Crippen LogP contribution in [0.1, 0.15) is 12.6 Å². The summed E-state index contributed by atoms with van der Waals surface area (Å²) in [5.41, 5.74) is 0.749. The van der Waals surface area contributed by atoms with Crippen LogP contribution in [0.25, 0.3) is 0 Å². The third kappa shape index (κ3) is 3.42. The first-order chi connectivity index (χ1) is 7.95. The van der Waals surface area contributed by atoms with E-state index in [1.807, 2.05) is 0 Å². The number of amides is 1. The molecule has 0 aliphatic heterocycles. The van der Waals surface area contributed by atoms with E-state index in [4.69, 9.17) is 0 Å². The summed E-state index contributed by atoms with van der Waals surface area (Å²) < 4.78 is 6.01. The van der Waals surface area contributed by atoms with Crippen molar-refractivity contribution in [2.24, 2.45) is 0 Å². The van der Waals surface area contributed by atoms with Crippen LogP contribution in [0.2, 0.25) is 0 Å². The van der Waals surface area contributed by atoms with Gasteiger partial charge in [-0.2, -0.15) is 0 Å². The summed E-state index contributed by atoms with van der Waals surface area (Å²) in [6, 6.07) is -0.844. The molecule has 1 aromatic heterocycles. The van der Waals surface area contributed by atoms with Gasteiger partial charge >= 0.3 is 10.8 Å². The Morgan fingerprint density at radius 2 is 2.24 bits per heavy atom. The first kappa shape index (κ1) is 13.4. The summed E-state index contributed by atoms with van der Waals surface area (Å²) >= 11 is 1.05. The van der Waals surface area contributed by atoms with Gasteiger partial charge in [0.2, 0.25) is 5.91 Å². The highest BCUT2D eigenvalue weighted by Crippen LogP contribution is 2.02. The summed E-state index contributed by atoms with van der Waals surface area (Å²) in [6.07, 6.45) is 0. The fraction of sp³-hybridized carbons (Fsp3) is 0.500. The number of hydrogen-bond donors (Lipinski definition) is 1. The number of esters is 1. The lowest BCUT2D eigenvalue weighted by Gasteiger charge is -2.16. The predicted octanol–water partition coefficient (Wildman–Crippen LogP) is -0.104. The summed E-state index contributed by atoms with van der Waals surface area (Å²) in [7, 11) is 1.24. The number of nitrogens with zero attached hydrogens (tertiary/aromatic N) is 1. The Morgan fingerprint density at radius 3 is 2.65 bits per heavy atom. The van der Waals surface area contributed by atoms with Crippen LogP contribution in [0.15, 0.2) is 10.2 Å². The van der Waals surface area contributed by atoms with Crippen molar-refractivity contribution in [1.82, 2.24) is 9.88 Å². The first-order valence-electron chi connectivity index (χ1n) is 4.95. The molecule has 1 N–H and O–H groups in total. The number of carbonyl (C=O) groups excluding carboxylic acids is 2. The van der Waals surface area contributed by atoms with Crippen LogP contribution in [0.4, 0.5) is 0 Å². The lowest BCUT2D eigenvalue weighted by Crippen LogP contribution is -2.44. The number of rotatable bonds is 4. The summed E-state index contributed by atoms with van der Waals surface area (Å²) in [6.45, 7) is 3.15. The van der Waals surface area contributed by atoms with E-state index < -0.39 is 12.0 Å². The van der Waals surface area contributed by atoms with E-state index in [1.54, 1.807) is 12.3 Å². The number of aryl methyl sites for hydroxylation is 1. The molecule has 0 bridgehead atoms. The van der Waals surface area contributed by atoms with Gasteiger partial charge in [-0.15, -0.1) is 0 Å². The molecule has 7 heteroatoms. The van der Waals surface area contributed by atoms with Crippen molar-refractivity contribution < 1.29 is 14.3 Å². The molecular formula is C10H14N2O4S. The Morgan fingerprint density at radius 1 is 1.59 bits per heavy atom. The average Bonchev–Trinajstić information content (AvgIpc) is 2.58. The van der Waals surface area contributed by atoms with Crippen LogP contribution in [0.3, 0.4) is 0 Å². The SMILES string of the molecule is COC(=O)C(Cn1c(C)csc1=O)NC(C)=O. The normalized spacial score (nSPS) is 11.9. The number of thiazole rings is 1.